The summed E-state index contributed by atoms with van der Waals surface area (Å²) in [6, 6.07) is 10.4. The van der Waals surface area contributed by atoms with E-state index in [0.29, 0.717) is 23.7 Å². The van der Waals surface area contributed by atoms with Gasteiger partial charge in [0, 0.05) is 5.56 Å². The molecule has 106 valence electrons. The minimum absolute atomic E-state index is 0.305. The van der Waals surface area contributed by atoms with Crippen LogP contribution in [0.5, 0.6) is 0 Å². The summed E-state index contributed by atoms with van der Waals surface area (Å²) in [5, 5.41) is 20.9. The minimum Gasteiger partial charge on any atom is -0.461 e. The molecule has 0 amide bonds. The predicted molar refractivity (Wildman–Crippen MR) is 72.5 cm³/mol. The fourth-order valence-electron chi connectivity index (χ4n) is 1.87. The summed E-state index contributed by atoms with van der Waals surface area (Å²) in [5.41, 5.74) is 1.40. The molecule has 21 heavy (non-hydrogen) atoms. The zero-order chi connectivity index (χ0) is 14.7. The molecule has 2 heterocycles. The summed E-state index contributed by atoms with van der Waals surface area (Å²) in [7, 11) is 0. The number of carbonyl (C=O) groups is 1. The first kappa shape index (κ1) is 13.2. The number of hydrogen-bond acceptors (Lipinski definition) is 6. The van der Waals surface area contributed by atoms with Crippen LogP contribution < -0.4 is 0 Å². The quantitative estimate of drug-likeness (QED) is 0.706. The Morgan fingerprint density at radius 3 is 2.71 bits per heavy atom. The highest BCUT2D eigenvalue weighted by Crippen LogP contribution is 2.13. The molecule has 0 aliphatic heterocycles. The van der Waals surface area contributed by atoms with Crippen molar-refractivity contribution in [2.24, 2.45) is 0 Å². The third-order valence-electron chi connectivity index (χ3n) is 2.94. The second-order valence-electron chi connectivity index (χ2n) is 4.40. The molecule has 0 fully saturated rings. The largest absolute Gasteiger partial charge is 0.461 e. The lowest BCUT2D eigenvalue weighted by atomic mass is 10.1. The number of tetrazole rings is 1. The lowest BCUT2D eigenvalue weighted by molar-refractivity contribution is 0.0903. The number of hydrogen-bond donors (Lipinski definition) is 1. The number of nitrogens with zero attached hydrogens (tertiary/aromatic N) is 4. The standard InChI is InChI=1S/C14H12N4O3/c19-9-12(20)11-5-3-10(4-6-11)8-18-16-14(15-17-18)13-2-1-7-21-13/h1-7,19H,8-9H2. The zero-order valence-electron chi connectivity index (χ0n) is 11.0. The van der Waals surface area contributed by atoms with Gasteiger partial charge in [-0.05, 0) is 22.9 Å². The first-order chi connectivity index (χ1) is 10.3. The van der Waals surface area contributed by atoms with Gasteiger partial charge >= 0.3 is 0 Å². The van der Waals surface area contributed by atoms with E-state index in [1.165, 1.54) is 4.80 Å². The smallest absolute Gasteiger partial charge is 0.240 e. The minimum atomic E-state index is -0.490. The van der Waals surface area contributed by atoms with Crippen LogP contribution in [-0.2, 0) is 6.54 Å². The van der Waals surface area contributed by atoms with Gasteiger partial charge in [0.05, 0.1) is 12.8 Å². The zero-order valence-corrected chi connectivity index (χ0v) is 11.0. The van der Waals surface area contributed by atoms with E-state index in [4.69, 9.17) is 9.52 Å². The van der Waals surface area contributed by atoms with Gasteiger partial charge in [0.25, 0.3) is 0 Å². The van der Waals surface area contributed by atoms with E-state index in [1.807, 2.05) is 0 Å². The van der Waals surface area contributed by atoms with Crippen LogP contribution in [0.25, 0.3) is 11.6 Å². The molecule has 0 atom stereocenters. The number of Topliss-reactive ketones (excluding diaryl/α,β-unsaturated/α-hetero) is 1. The summed E-state index contributed by atoms with van der Waals surface area (Å²) in [5.74, 6) is 0.678. The van der Waals surface area contributed by atoms with E-state index in [2.05, 4.69) is 15.4 Å². The van der Waals surface area contributed by atoms with Crippen molar-refractivity contribution in [1.82, 2.24) is 20.2 Å². The highest BCUT2D eigenvalue weighted by molar-refractivity contribution is 5.96. The van der Waals surface area contributed by atoms with E-state index in [0.717, 1.165) is 5.56 Å². The molecule has 0 unspecified atom stereocenters. The maximum Gasteiger partial charge on any atom is 0.240 e. The van der Waals surface area contributed by atoms with Crippen molar-refractivity contribution in [2.75, 3.05) is 6.61 Å². The highest BCUT2D eigenvalue weighted by Gasteiger charge is 2.09. The Morgan fingerprint density at radius 2 is 2.05 bits per heavy atom. The average molecular weight is 284 g/mol. The van der Waals surface area contributed by atoms with Crippen molar-refractivity contribution >= 4 is 5.78 Å². The maximum absolute atomic E-state index is 11.3. The first-order valence-electron chi connectivity index (χ1n) is 6.31. The number of aromatic nitrogens is 4. The van der Waals surface area contributed by atoms with Crippen LogP contribution in [0.1, 0.15) is 15.9 Å². The fourth-order valence-corrected chi connectivity index (χ4v) is 1.87. The van der Waals surface area contributed by atoms with E-state index >= 15 is 0 Å². The molecule has 2 aromatic heterocycles. The van der Waals surface area contributed by atoms with Crippen LogP contribution in [0.2, 0.25) is 0 Å². The Labute approximate surface area is 119 Å². The van der Waals surface area contributed by atoms with Crippen LogP contribution in [0.15, 0.2) is 47.1 Å². The Hall–Kier alpha value is -2.80. The molecular formula is C14H12N4O3. The number of furan rings is 1. The van der Waals surface area contributed by atoms with E-state index in [9.17, 15) is 4.79 Å². The summed E-state index contributed by atoms with van der Waals surface area (Å²) >= 11 is 0. The molecule has 3 rings (SSSR count). The van der Waals surface area contributed by atoms with Crippen LogP contribution in [0.4, 0.5) is 0 Å². The second-order valence-corrected chi connectivity index (χ2v) is 4.40. The van der Waals surface area contributed by atoms with Gasteiger partial charge in [-0.2, -0.15) is 4.80 Å². The lowest BCUT2D eigenvalue weighted by Gasteiger charge is -2.01. The lowest BCUT2D eigenvalue weighted by Crippen LogP contribution is -2.06. The Morgan fingerprint density at radius 1 is 1.24 bits per heavy atom. The second kappa shape index (κ2) is 5.68. The van der Waals surface area contributed by atoms with Gasteiger partial charge in [-0.25, -0.2) is 0 Å². The van der Waals surface area contributed by atoms with Crippen LogP contribution in [0, 0.1) is 0 Å². The molecule has 0 aliphatic carbocycles. The monoisotopic (exact) mass is 284 g/mol. The molecule has 0 bridgehead atoms. The maximum atomic E-state index is 11.3. The molecule has 0 radical (unpaired) electrons. The normalized spacial score (nSPS) is 10.7. The Kier molecular flexibility index (Phi) is 3.57. The molecule has 7 heteroatoms. The van der Waals surface area contributed by atoms with Crippen molar-refractivity contribution in [3.8, 4) is 11.6 Å². The van der Waals surface area contributed by atoms with Crippen LogP contribution >= 0.6 is 0 Å². The van der Waals surface area contributed by atoms with Crippen molar-refractivity contribution in [3.63, 3.8) is 0 Å². The number of rotatable bonds is 5. The Bertz CT molecular complexity index is 732. The molecule has 0 saturated carbocycles. The van der Waals surface area contributed by atoms with Crippen molar-refractivity contribution in [1.29, 1.82) is 0 Å². The topological polar surface area (TPSA) is 94.0 Å². The fraction of sp³-hybridized carbons (Fsp3) is 0.143. The number of ketones is 1. The van der Waals surface area contributed by atoms with Crippen LogP contribution in [-0.4, -0.2) is 37.7 Å². The van der Waals surface area contributed by atoms with Gasteiger partial charge in [-0.15, -0.1) is 10.2 Å². The van der Waals surface area contributed by atoms with Gasteiger partial charge < -0.3 is 9.52 Å². The van der Waals surface area contributed by atoms with Crippen molar-refractivity contribution in [2.45, 2.75) is 6.54 Å². The molecule has 1 aromatic carbocycles. The molecule has 0 aliphatic rings. The van der Waals surface area contributed by atoms with Crippen molar-refractivity contribution in [3.05, 3.63) is 53.8 Å². The molecular weight excluding hydrogens is 272 g/mol. The SMILES string of the molecule is O=C(CO)c1ccc(Cn2nnc(-c3ccco3)n2)cc1. The number of carbonyl (C=O) groups excluding carboxylic acids is 1. The molecule has 1 N–H and O–H groups in total. The van der Waals surface area contributed by atoms with E-state index < -0.39 is 6.61 Å². The summed E-state index contributed by atoms with van der Waals surface area (Å²) in [6.07, 6.45) is 1.55. The molecule has 0 saturated heterocycles. The third-order valence-corrected chi connectivity index (χ3v) is 2.94. The van der Waals surface area contributed by atoms with E-state index in [1.54, 1.807) is 42.7 Å². The molecule has 3 aromatic rings. The highest BCUT2D eigenvalue weighted by atomic mass is 16.3. The number of aliphatic hydroxyl groups is 1. The average Bonchev–Trinajstić information content (AvgIpc) is 3.18. The number of benzene rings is 1. The predicted octanol–water partition coefficient (Wildman–Crippen LogP) is 1.16. The van der Waals surface area contributed by atoms with E-state index in [-0.39, 0.29) is 5.78 Å². The molecule has 0 spiro atoms. The van der Waals surface area contributed by atoms with Gasteiger partial charge in [0.15, 0.2) is 11.5 Å². The van der Waals surface area contributed by atoms with Gasteiger partial charge in [-0.1, -0.05) is 24.3 Å². The first-order valence-corrected chi connectivity index (χ1v) is 6.31. The van der Waals surface area contributed by atoms with Gasteiger partial charge in [-0.3, -0.25) is 4.79 Å². The van der Waals surface area contributed by atoms with Gasteiger partial charge in [0.2, 0.25) is 5.82 Å². The van der Waals surface area contributed by atoms with Gasteiger partial charge in [0.1, 0.15) is 6.61 Å². The summed E-state index contributed by atoms with van der Waals surface area (Å²) in [4.78, 5) is 12.8. The summed E-state index contributed by atoms with van der Waals surface area (Å²) < 4.78 is 5.20. The summed E-state index contributed by atoms with van der Waals surface area (Å²) in [6.45, 7) is -0.0577. The Balaban J connectivity index is 1.73. The molecule has 7 nitrogen and oxygen atoms in total. The van der Waals surface area contributed by atoms with Crippen molar-refractivity contribution < 1.29 is 14.3 Å². The van der Waals surface area contributed by atoms with Crippen LogP contribution in [0.3, 0.4) is 0 Å². The number of aliphatic hydroxyl groups excluding tert-OH is 1. The third kappa shape index (κ3) is 2.87.